The number of hydrogen-bond donors (Lipinski definition) is 1. The summed E-state index contributed by atoms with van der Waals surface area (Å²) in [7, 11) is 1.93. The van der Waals surface area contributed by atoms with Crippen LogP contribution in [0.5, 0.6) is 5.88 Å². The number of rotatable bonds is 0. The van der Waals surface area contributed by atoms with Crippen molar-refractivity contribution >= 4 is 0 Å². The van der Waals surface area contributed by atoms with E-state index in [0.717, 1.165) is 12.8 Å². The Kier molecular flexibility index (Phi) is 1.41. The van der Waals surface area contributed by atoms with E-state index in [1.54, 1.807) is 0 Å². The van der Waals surface area contributed by atoms with Gasteiger partial charge in [0.05, 0.1) is 0 Å². The molecule has 1 aliphatic rings. The quantitative estimate of drug-likeness (QED) is 0.598. The number of nitrogens with zero attached hydrogens (tertiary/aromatic N) is 1. The van der Waals surface area contributed by atoms with Crippen molar-refractivity contribution in [1.29, 1.82) is 0 Å². The van der Waals surface area contributed by atoms with Crippen LogP contribution in [0.15, 0.2) is 6.07 Å². The van der Waals surface area contributed by atoms with Crippen molar-refractivity contribution in [3.8, 4) is 5.88 Å². The molecule has 0 bridgehead atoms. The average molecular weight is 151 g/mol. The van der Waals surface area contributed by atoms with Crippen LogP contribution < -0.4 is 0 Å². The molecule has 0 saturated carbocycles. The summed E-state index contributed by atoms with van der Waals surface area (Å²) >= 11 is 0. The lowest BCUT2D eigenvalue weighted by atomic mass is 9.98. The van der Waals surface area contributed by atoms with Gasteiger partial charge in [0.15, 0.2) is 5.88 Å². The van der Waals surface area contributed by atoms with Gasteiger partial charge in [-0.25, -0.2) is 0 Å². The summed E-state index contributed by atoms with van der Waals surface area (Å²) in [6.07, 6.45) is 4.82. The van der Waals surface area contributed by atoms with Crippen LogP contribution in [-0.2, 0) is 19.9 Å². The lowest BCUT2D eigenvalue weighted by Crippen LogP contribution is -2.04. The Morgan fingerprint density at radius 1 is 1.36 bits per heavy atom. The van der Waals surface area contributed by atoms with Crippen LogP contribution in [0.1, 0.15) is 24.1 Å². The SMILES string of the molecule is Cn1c(O)cc2c1CCCC2. The van der Waals surface area contributed by atoms with E-state index in [0.29, 0.717) is 5.88 Å². The fraction of sp³-hybridized carbons (Fsp3) is 0.556. The van der Waals surface area contributed by atoms with Gasteiger partial charge in [-0.1, -0.05) is 0 Å². The summed E-state index contributed by atoms with van der Waals surface area (Å²) in [6.45, 7) is 0. The molecule has 0 amide bonds. The first-order valence-corrected chi connectivity index (χ1v) is 4.15. The minimum Gasteiger partial charge on any atom is -0.494 e. The Morgan fingerprint density at radius 2 is 2.09 bits per heavy atom. The summed E-state index contributed by atoms with van der Waals surface area (Å²) in [6, 6.07) is 1.90. The van der Waals surface area contributed by atoms with Gasteiger partial charge in [0.2, 0.25) is 0 Å². The molecule has 2 heteroatoms. The highest BCUT2D eigenvalue weighted by Gasteiger charge is 2.14. The van der Waals surface area contributed by atoms with Crippen LogP contribution >= 0.6 is 0 Å². The van der Waals surface area contributed by atoms with Crippen molar-refractivity contribution in [2.45, 2.75) is 25.7 Å². The molecule has 11 heavy (non-hydrogen) atoms. The standard InChI is InChI=1S/C9H13NO/c1-10-8-5-3-2-4-7(8)6-9(10)11/h6,11H,2-5H2,1H3. The molecule has 0 unspecified atom stereocenters. The second-order valence-corrected chi connectivity index (χ2v) is 3.24. The fourth-order valence-corrected chi connectivity index (χ4v) is 1.84. The van der Waals surface area contributed by atoms with Gasteiger partial charge in [-0.3, -0.25) is 0 Å². The summed E-state index contributed by atoms with van der Waals surface area (Å²) < 4.78 is 1.90. The minimum absolute atomic E-state index is 0.414. The fourth-order valence-electron chi connectivity index (χ4n) is 1.84. The lowest BCUT2D eigenvalue weighted by Gasteiger charge is -2.12. The largest absolute Gasteiger partial charge is 0.494 e. The summed E-state index contributed by atoms with van der Waals surface area (Å²) in [5, 5.41) is 9.37. The van der Waals surface area contributed by atoms with Crippen molar-refractivity contribution in [2.75, 3.05) is 0 Å². The van der Waals surface area contributed by atoms with E-state index in [4.69, 9.17) is 0 Å². The Hall–Kier alpha value is -0.920. The predicted octanol–water partition coefficient (Wildman–Crippen LogP) is 1.61. The van der Waals surface area contributed by atoms with Gasteiger partial charge < -0.3 is 9.67 Å². The zero-order chi connectivity index (χ0) is 7.84. The monoisotopic (exact) mass is 151 g/mol. The molecular formula is C9H13NO. The van der Waals surface area contributed by atoms with Crippen LogP contribution in [0, 0.1) is 0 Å². The molecule has 1 N–H and O–H groups in total. The molecule has 0 atom stereocenters. The van der Waals surface area contributed by atoms with E-state index >= 15 is 0 Å². The molecule has 2 nitrogen and oxygen atoms in total. The maximum Gasteiger partial charge on any atom is 0.191 e. The highest BCUT2D eigenvalue weighted by atomic mass is 16.3. The van der Waals surface area contributed by atoms with Crippen LogP contribution in [0.4, 0.5) is 0 Å². The molecule has 0 aliphatic heterocycles. The van der Waals surface area contributed by atoms with E-state index in [9.17, 15) is 5.11 Å². The molecule has 1 aromatic rings. The molecule has 0 aromatic carbocycles. The van der Waals surface area contributed by atoms with Crippen LogP contribution in [0.25, 0.3) is 0 Å². The van der Waals surface area contributed by atoms with Crippen molar-refractivity contribution < 1.29 is 5.11 Å². The van der Waals surface area contributed by atoms with Gasteiger partial charge in [-0.2, -0.15) is 0 Å². The van der Waals surface area contributed by atoms with E-state index in [1.165, 1.54) is 24.1 Å². The van der Waals surface area contributed by atoms with Gasteiger partial charge in [-0.15, -0.1) is 0 Å². The first-order valence-electron chi connectivity index (χ1n) is 4.15. The number of aromatic hydroxyl groups is 1. The zero-order valence-electron chi connectivity index (χ0n) is 6.80. The highest BCUT2D eigenvalue weighted by molar-refractivity contribution is 5.32. The Labute approximate surface area is 66.5 Å². The third-order valence-corrected chi connectivity index (χ3v) is 2.53. The molecule has 0 spiro atoms. The number of aromatic nitrogens is 1. The Bertz CT molecular complexity index is 275. The van der Waals surface area contributed by atoms with E-state index in [1.807, 2.05) is 17.7 Å². The summed E-state index contributed by atoms with van der Waals surface area (Å²) in [5.74, 6) is 0.414. The Morgan fingerprint density at radius 3 is 2.82 bits per heavy atom. The van der Waals surface area contributed by atoms with Crippen molar-refractivity contribution in [1.82, 2.24) is 4.57 Å². The molecular weight excluding hydrogens is 138 g/mol. The molecule has 1 heterocycles. The second kappa shape index (κ2) is 2.29. The van der Waals surface area contributed by atoms with E-state index in [-0.39, 0.29) is 0 Å². The van der Waals surface area contributed by atoms with Gasteiger partial charge in [0.1, 0.15) is 0 Å². The van der Waals surface area contributed by atoms with Gasteiger partial charge in [-0.05, 0) is 31.2 Å². The van der Waals surface area contributed by atoms with E-state index < -0.39 is 0 Å². The summed E-state index contributed by atoms with van der Waals surface area (Å²) in [5.41, 5.74) is 2.67. The lowest BCUT2D eigenvalue weighted by molar-refractivity contribution is 0.428. The predicted molar refractivity (Wildman–Crippen MR) is 43.7 cm³/mol. The molecule has 0 saturated heterocycles. The summed E-state index contributed by atoms with van der Waals surface area (Å²) in [4.78, 5) is 0. The van der Waals surface area contributed by atoms with Crippen LogP contribution in [0.2, 0.25) is 0 Å². The molecule has 0 fully saturated rings. The maximum absolute atomic E-state index is 9.37. The molecule has 1 aliphatic carbocycles. The van der Waals surface area contributed by atoms with Crippen molar-refractivity contribution in [2.24, 2.45) is 7.05 Å². The average Bonchev–Trinajstić information content (AvgIpc) is 2.30. The van der Waals surface area contributed by atoms with Crippen LogP contribution in [-0.4, -0.2) is 9.67 Å². The van der Waals surface area contributed by atoms with Crippen LogP contribution in [0.3, 0.4) is 0 Å². The Balaban J connectivity index is 2.50. The van der Waals surface area contributed by atoms with Gasteiger partial charge in [0, 0.05) is 18.8 Å². The minimum atomic E-state index is 0.414. The van der Waals surface area contributed by atoms with Gasteiger partial charge in [0.25, 0.3) is 0 Å². The third kappa shape index (κ3) is 0.934. The highest BCUT2D eigenvalue weighted by Crippen LogP contribution is 2.26. The first kappa shape index (κ1) is 6.77. The van der Waals surface area contributed by atoms with Crippen molar-refractivity contribution in [3.05, 3.63) is 17.3 Å². The van der Waals surface area contributed by atoms with Gasteiger partial charge >= 0.3 is 0 Å². The zero-order valence-corrected chi connectivity index (χ0v) is 6.80. The molecule has 1 aromatic heterocycles. The number of aryl methyl sites for hydroxylation is 1. The topological polar surface area (TPSA) is 25.2 Å². The first-order chi connectivity index (χ1) is 5.29. The molecule has 2 rings (SSSR count). The molecule has 0 radical (unpaired) electrons. The number of hydrogen-bond acceptors (Lipinski definition) is 1. The maximum atomic E-state index is 9.37. The van der Waals surface area contributed by atoms with Crippen molar-refractivity contribution in [3.63, 3.8) is 0 Å². The smallest absolute Gasteiger partial charge is 0.191 e. The molecule has 60 valence electrons. The van der Waals surface area contributed by atoms with E-state index in [2.05, 4.69) is 0 Å². The number of fused-ring (bicyclic) bond motifs is 1. The second-order valence-electron chi connectivity index (χ2n) is 3.24. The normalized spacial score (nSPS) is 16.5. The third-order valence-electron chi connectivity index (χ3n) is 2.53.